The van der Waals surface area contributed by atoms with Crippen LogP contribution in [0.1, 0.15) is 152 Å². The second-order valence-electron chi connectivity index (χ2n) is 14.5. The third-order valence-electron chi connectivity index (χ3n) is 9.64. The molecule has 0 radical (unpaired) electrons. The van der Waals surface area contributed by atoms with Crippen molar-refractivity contribution in [3.8, 4) is 0 Å². The van der Waals surface area contributed by atoms with Crippen molar-refractivity contribution in [3.63, 3.8) is 0 Å². The van der Waals surface area contributed by atoms with Crippen LogP contribution in [0.5, 0.6) is 0 Å². The van der Waals surface area contributed by atoms with Gasteiger partial charge >= 0.3 is 258 Å². The molecule has 41 heavy (non-hydrogen) atoms. The molecule has 220 valence electrons. The molecule has 4 rings (SSSR count). The first-order chi connectivity index (χ1) is 19.3. The van der Waals surface area contributed by atoms with E-state index in [2.05, 4.69) is 156 Å². The van der Waals surface area contributed by atoms with E-state index in [9.17, 15) is 0 Å². The quantitative estimate of drug-likeness (QED) is 0.224. The zero-order valence-corrected chi connectivity index (χ0v) is 30.9. The first-order valence-corrected chi connectivity index (χ1v) is 22.5. The molecule has 0 aromatic heterocycles. The van der Waals surface area contributed by atoms with Crippen molar-refractivity contribution in [2.45, 2.75) is 126 Å². The molecule has 0 atom stereocenters. The van der Waals surface area contributed by atoms with Gasteiger partial charge in [-0.1, -0.05) is 0 Å². The fourth-order valence-corrected chi connectivity index (χ4v) is 27.4. The van der Waals surface area contributed by atoms with E-state index in [1.807, 2.05) is 0 Å². The summed E-state index contributed by atoms with van der Waals surface area (Å²) in [5.74, 6) is 2.93. The zero-order valence-electron chi connectivity index (χ0n) is 28.0. The van der Waals surface area contributed by atoms with Gasteiger partial charge in [0, 0.05) is 0 Å². The van der Waals surface area contributed by atoms with Gasteiger partial charge in [-0.15, -0.1) is 0 Å². The van der Waals surface area contributed by atoms with Crippen LogP contribution < -0.4 is 7.16 Å². The Kier molecular flexibility index (Phi) is 10.0. The molecule has 0 fully saturated rings. The first-order valence-electron chi connectivity index (χ1n) is 16.4. The van der Waals surface area contributed by atoms with Gasteiger partial charge < -0.3 is 0 Å². The van der Waals surface area contributed by atoms with Crippen molar-refractivity contribution < 1.29 is 0 Å². The molecule has 2 aliphatic carbocycles. The summed E-state index contributed by atoms with van der Waals surface area (Å²) in [5, 5.41) is 0. The molecule has 0 saturated heterocycles. The van der Waals surface area contributed by atoms with Crippen LogP contribution in [-0.4, -0.2) is 18.4 Å². The Hall–Kier alpha value is -1.80. The van der Waals surface area contributed by atoms with Crippen molar-refractivity contribution >= 4 is 25.5 Å². The minimum absolute atomic E-state index is 0.473. The van der Waals surface area contributed by atoms with E-state index < -0.39 is 18.4 Å². The van der Waals surface area contributed by atoms with Crippen molar-refractivity contribution in [1.82, 2.24) is 0 Å². The zero-order chi connectivity index (χ0) is 30.2. The van der Waals surface area contributed by atoms with Gasteiger partial charge in [0.25, 0.3) is 0 Å². The number of hydrogen-bond donors (Lipinski definition) is 0. The fraction of sp³-hybridized carbons (Fsp3) is 0.500. The van der Waals surface area contributed by atoms with Crippen LogP contribution in [0.3, 0.4) is 0 Å². The summed E-state index contributed by atoms with van der Waals surface area (Å²) in [7, 11) is 0. The van der Waals surface area contributed by atoms with Crippen molar-refractivity contribution in [3.05, 3.63) is 106 Å². The van der Waals surface area contributed by atoms with E-state index in [4.69, 9.17) is 0 Å². The van der Waals surface area contributed by atoms with Gasteiger partial charge in [-0.25, -0.2) is 0 Å². The fourth-order valence-electron chi connectivity index (χ4n) is 7.35. The van der Waals surface area contributed by atoms with Gasteiger partial charge in [-0.2, -0.15) is 0 Å². The van der Waals surface area contributed by atoms with Crippen LogP contribution in [-0.2, 0) is 0 Å². The molecule has 0 nitrogen and oxygen atoms in total. The van der Waals surface area contributed by atoms with E-state index >= 15 is 0 Å². The molecule has 0 N–H and O–H groups in total. The number of benzene rings is 2. The average Bonchev–Trinajstić information content (AvgIpc) is 3.64. The number of hydrogen-bond acceptors (Lipinski definition) is 0. The van der Waals surface area contributed by atoms with Crippen LogP contribution in [0, 0.1) is 0 Å². The van der Waals surface area contributed by atoms with Crippen molar-refractivity contribution in [2.75, 3.05) is 0 Å². The minimum atomic E-state index is -3.76. The molecular weight excluding hydrogens is 599 g/mol. The summed E-state index contributed by atoms with van der Waals surface area (Å²) in [6.45, 7) is 29.0. The maximum atomic E-state index is 2.62. The molecule has 0 amide bonds. The molecule has 0 aliphatic heterocycles. The van der Waals surface area contributed by atoms with Gasteiger partial charge in [-0.3, -0.25) is 0 Å². The van der Waals surface area contributed by atoms with E-state index in [1.165, 1.54) is 11.1 Å². The second kappa shape index (κ2) is 12.8. The van der Waals surface area contributed by atoms with Crippen molar-refractivity contribution in [1.29, 1.82) is 0 Å². The second-order valence-corrected chi connectivity index (χ2v) is 26.2. The molecule has 0 spiro atoms. The molecule has 2 aliphatic rings. The monoisotopic (exact) mass is 656 g/mol. The van der Waals surface area contributed by atoms with E-state index in [0.29, 0.717) is 43.4 Å². The molecular formula is C40H56Sn. The summed E-state index contributed by atoms with van der Waals surface area (Å²) in [4.78, 5) is 0. The Labute approximate surface area is 257 Å². The first kappa shape index (κ1) is 32.1. The standard InChI is InChI=1S/2C15H23.2C5H5.Sn/c2*1-10(2)13-7-14(11(3)4)9-15(8-13)12(5)6;2*1-2-4-5-3-1;/h2*7-8,10-12H,1-6H3;2*1-5H;. The molecule has 2 aromatic rings. The molecule has 1 heteroatoms. The van der Waals surface area contributed by atoms with E-state index in [-0.39, 0.29) is 0 Å². The van der Waals surface area contributed by atoms with Crippen molar-refractivity contribution in [2.24, 2.45) is 0 Å². The molecule has 0 saturated carbocycles. The Balaban J connectivity index is 2.35. The third kappa shape index (κ3) is 5.89. The topological polar surface area (TPSA) is 0 Å². The summed E-state index contributed by atoms with van der Waals surface area (Å²) in [6.07, 6.45) is 19.7. The van der Waals surface area contributed by atoms with Crippen LogP contribution in [0.4, 0.5) is 0 Å². The molecule has 0 heterocycles. The Morgan fingerprint density at radius 1 is 0.390 bits per heavy atom. The SMILES string of the molecule is CC(C)c1cc(C(C)C)[c]([Sn]([c]2c(C(C)C)cc(C(C)C)cc2C(C)C)([CH]2C=CC=C2)[CH]2C=CC=C2)c(C(C)C)c1. The summed E-state index contributed by atoms with van der Waals surface area (Å²) in [5.41, 5.74) is 9.48. The van der Waals surface area contributed by atoms with Crippen LogP contribution in [0.2, 0.25) is 7.87 Å². The predicted octanol–water partition coefficient (Wildman–Crippen LogP) is 11.0. The van der Waals surface area contributed by atoms with Gasteiger partial charge in [0.1, 0.15) is 0 Å². The van der Waals surface area contributed by atoms with Gasteiger partial charge in [0.15, 0.2) is 0 Å². The normalized spacial score (nSPS) is 16.0. The van der Waals surface area contributed by atoms with Gasteiger partial charge in [-0.05, 0) is 0 Å². The van der Waals surface area contributed by atoms with Gasteiger partial charge in [0.05, 0.1) is 0 Å². The maximum absolute atomic E-state index is 3.76. The Bertz CT molecular complexity index is 1170. The summed E-state index contributed by atoms with van der Waals surface area (Å²) < 4.78 is 4.53. The molecule has 2 aromatic carbocycles. The average molecular weight is 656 g/mol. The summed E-state index contributed by atoms with van der Waals surface area (Å²) in [6, 6.07) is 10.5. The molecule has 0 bridgehead atoms. The van der Waals surface area contributed by atoms with Crippen LogP contribution in [0.25, 0.3) is 0 Å². The summed E-state index contributed by atoms with van der Waals surface area (Å²) >= 11 is -3.76. The third-order valence-corrected chi connectivity index (χ3v) is 25.9. The van der Waals surface area contributed by atoms with E-state index in [0.717, 1.165) is 0 Å². The Morgan fingerprint density at radius 2 is 0.634 bits per heavy atom. The molecule has 0 unspecified atom stereocenters. The van der Waals surface area contributed by atoms with Gasteiger partial charge in [0.2, 0.25) is 0 Å². The number of allylic oxidation sites excluding steroid dienone is 8. The van der Waals surface area contributed by atoms with Crippen LogP contribution >= 0.6 is 0 Å². The number of rotatable bonds is 10. The Morgan fingerprint density at radius 3 is 0.829 bits per heavy atom. The predicted molar refractivity (Wildman–Crippen MR) is 186 cm³/mol. The van der Waals surface area contributed by atoms with Crippen LogP contribution in [0.15, 0.2) is 72.9 Å². The van der Waals surface area contributed by atoms with E-state index in [1.54, 1.807) is 29.4 Å².